The average molecular weight is 475 g/mol. The maximum absolute atomic E-state index is 13.2. The summed E-state index contributed by atoms with van der Waals surface area (Å²) in [5.41, 5.74) is 4.19. The highest BCUT2D eigenvalue weighted by atomic mass is 32.2. The van der Waals surface area contributed by atoms with Gasteiger partial charge in [0.05, 0.1) is 5.25 Å². The summed E-state index contributed by atoms with van der Waals surface area (Å²) in [7, 11) is 0. The van der Waals surface area contributed by atoms with Crippen molar-refractivity contribution >= 4 is 28.6 Å². The molecule has 176 valence electrons. The number of carbonyl (C=O) groups excluding carboxylic acids is 1. The number of benzene rings is 2. The third kappa shape index (κ3) is 4.35. The van der Waals surface area contributed by atoms with Gasteiger partial charge in [0.1, 0.15) is 0 Å². The predicted octanol–water partition coefficient (Wildman–Crippen LogP) is 4.37. The lowest BCUT2D eigenvalue weighted by atomic mass is 10.1. The minimum Gasteiger partial charge on any atom is -0.360 e. The molecule has 0 spiro atoms. The summed E-state index contributed by atoms with van der Waals surface area (Å²) in [5, 5.41) is 10.7. The average Bonchev–Trinajstić information content (AvgIpc) is 3.47. The third-order valence-electron chi connectivity index (χ3n) is 6.48. The Balaban J connectivity index is 1.49. The van der Waals surface area contributed by atoms with Crippen molar-refractivity contribution in [3.8, 4) is 17.1 Å². The van der Waals surface area contributed by atoms with Crippen molar-refractivity contribution in [3.05, 3.63) is 60.3 Å². The van der Waals surface area contributed by atoms with Gasteiger partial charge in [-0.25, -0.2) is 0 Å². The summed E-state index contributed by atoms with van der Waals surface area (Å²) in [6.07, 6.45) is 1.98. The zero-order chi connectivity index (χ0) is 23.7. The van der Waals surface area contributed by atoms with Crippen LogP contribution in [0, 0.1) is 6.92 Å². The molecule has 0 aliphatic carbocycles. The van der Waals surface area contributed by atoms with Gasteiger partial charge in [0, 0.05) is 54.5 Å². The van der Waals surface area contributed by atoms with Gasteiger partial charge >= 0.3 is 0 Å². The number of H-pyrrole nitrogens is 1. The standard InChI is InChI=1S/C26H30N6OS/c1-4-30-12-14-31(15-13-30)25(33)19(3)34-26-29-28-24(32(26)20-9-7-8-18(2)16-20)22-17-27-23-11-6-5-10-21(22)23/h5-11,16-17,19,27H,4,12-15H2,1-3H3. The van der Waals surface area contributed by atoms with Crippen LogP contribution in [-0.2, 0) is 4.79 Å². The van der Waals surface area contributed by atoms with Crippen molar-refractivity contribution in [3.63, 3.8) is 0 Å². The zero-order valence-electron chi connectivity index (χ0n) is 19.9. The van der Waals surface area contributed by atoms with E-state index < -0.39 is 0 Å². The van der Waals surface area contributed by atoms with Gasteiger partial charge < -0.3 is 14.8 Å². The van der Waals surface area contributed by atoms with Gasteiger partial charge in [-0.3, -0.25) is 9.36 Å². The molecule has 1 atom stereocenters. The van der Waals surface area contributed by atoms with Crippen LogP contribution in [0.5, 0.6) is 0 Å². The maximum Gasteiger partial charge on any atom is 0.235 e. The molecular formula is C26H30N6OS. The third-order valence-corrected chi connectivity index (χ3v) is 7.51. The second-order valence-corrected chi connectivity index (χ2v) is 10.1. The van der Waals surface area contributed by atoms with Crippen LogP contribution in [0.2, 0.25) is 0 Å². The van der Waals surface area contributed by atoms with E-state index in [1.807, 2.05) is 36.2 Å². The van der Waals surface area contributed by atoms with Crippen molar-refractivity contribution in [1.82, 2.24) is 29.5 Å². The molecule has 1 aliphatic heterocycles. The fourth-order valence-corrected chi connectivity index (χ4v) is 5.48. The van der Waals surface area contributed by atoms with Gasteiger partial charge in [-0.15, -0.1) is 10.2 Å². The number of rotatable bonds is 6. The Hall–Kier alpha value is -3.10. The number of carbonyl (C=O) groups is 1. The maximum atomic E-state index is 13.2. The van der Waals surface area contributed by atoms with E-state index in [9.17, 15) is 4.79 Å². The molecule has 2 aromatic heterocycles. The van der Waals surface area contributed by atoms with E-state index in [1.165, 1.54) is 11.8 Å². The molecule has 1 amide bonds. The highest BCUT2D eigenvalue weighted by molar-refractivity contribution is 8.00. The first-order valence-corrected chi connectivity index (χ1v) is 12.7. The first-order chi connectivity index (χ1) is 16.5. The number of aryl methyl sites for hydroxylation is 1. The molecule has 34 heavy (non-hydrogen) atoms. The number of nitrogens with zero attached hydrogens (tertiary/aromatic N) is 5. The Morgan fingerprint density at radius 1 is 1.09 bits per heavy atom. The first-order valence-electron chi connectivity index (χ1n) is 11.8. The number of likely N-dealkylation sites (N-methyl/N-ethyl adjacent to an activating group) is 1. The Bertz CT molecular complexity index is 1300. The second-order valence-electron chi connectivity index (χ2n) is 8.75. The lowest BCUT2D eigenvalue weighted by Crippen LogP contribution is -2.50. The van der Waals surface area contributed by atoms with E-state index in [2.05, 4.69) is 68.8 Å². The highest BCUT2D eigenvalue weighted by Gasteiger charge is 2.28. The van der Waals surface area contributed by atoms with Crippen molar-refractivity contribution < 1.29 is 4.79 Å². The summed E-state index contributed by atoms with van der Waals surface area (Å²) in [6.45, 7) is 10.7. The van der Waals surface area contributed by atoms with E-state index in [-0.39, 0.29) is 11.2 Å². The van der Waals surface area contributed by atoms with Crippen molar-refractivity contribution in [2.45, 2.75) is 31.2 Å². The number of para-hydroxylation sites is 1. The Labute approximate surface area is 204 Å². The highest BCUT2D eigenvalue weighted by Crippen LogP contribution is 2.34. The molecule has 0 radical (unpaired) electrons. The quantitative estimate of drug-likeness (QED) is 0.420. The van der Waals surface area contributed by atoms with Crippen molar-refractivity contribution in [2.75, 3.05) is 32.7 Å². The number of hydrogen-bond acceptors (Lipinski definition) is 5. The molecule has 4 aromatic rings. The monoisotopic (exact) mass is 474 g/mol. The minimum absolute atomic E-state index is 0.160. The molecule has 1 fully saturated rings. The zero-order valence-corrected chi connectivity index (χ0v) is 20.7. The van der Waals surface area contributed by atoms with Crippen LogP contribution in [-0.4, -0.2) is 73.4 Å². The fraction of sp³-hybridized carbons (Fsp3) is 0.346. The molecule has 5 rings (SSSR count). The molecule has 1 unspecified atom stereocenters. The Kier molecular flexibility index (Phi) is 6.43. The molecule has 8 heteroatoms. The van der Waals surface area contributed by atoms with Crippen LogP contribution in [0.4, 0.5) is 0 Å². The van der Waals surface area contributed by atoms with E-state index in [1.54, 1.807) is 0 Å². The van der Waals surface area contributed by atoms with E-state index >= 15 is 0 Å². The number of aromatic nitrogens is 4. The van der Waals surface area contributed by atoms with Crippen molar-refractivity contribution in [2.24, 2.45) is 0 Å². The number of piperazine rings is 1. The second kappa shape index (κ2) is 9.64. The number of nitrogens with one attached hydrogen (secondary N) is 1. The smallest absolute Gasteiger partial charge is 0.235 e. The van der Waals surface area contributed by atoms with Gasteiger partial charge in [0.2, 0.25) is 5.91 Å². The van der Waals surface area contributed by atoms with E-state index in [0.29, 0.717) is 0 Å². The molecule has 0 bridgehead atoms. The van der Waals surface area contributed by atoms with Crippen LogP contribution in [0.1, 0.15) is 19.4 Å². The minimum atomic E-state index is -0.253. The normalized spacial score (nSPS) is 15.7. The lowest BCUT2D eigenvalue weighted by molar-refractivity contribution is -0.132. The number of fused-ring (bicyclic) bond motifs is 1. The number of aromatic amines is 1. The van der Waals surface area contributed by atoms with Gasteiger partial charge in [0.15, 0.2) is 11.0 Å². The fourth-order valence-electron chi connectivity index (χ4n) is 4.53. The number of amides is 1. The number of thioether (sulfide) groups is 1. The largest absolute Gasteiger partial charge is 0.360 e. The van der Waals surface area contributed by atoms with Crippen LogP contribution >= 0.6 is 11.8 Å². The summed E-state index contributed by atoms with van der Waals surface area (Å²) in [5.74, 6) is 0.926. The molecular weight excluding hydrogens is 444 g/mol. The van der Waals surface area contributed by atoms with Crippen LogP contribution < -0.4 is 0 Å². The van der Waals surface area contributed by atoms with Gasteiger partial charge in [-0.05, 0) is 44.2 Å². The predicted molar refractivity (Wildman–Crippen MR) is 137 cm³/mol. The van der Waals surface area contributed by atoms with Gasteiger partial charge in [0.25, 0.3) is 0 Å². The summed E-state index contributed by atoms with van der Waals surface area (Å²) in [6, 6.07) is 16.5. The molecule has 1 aliphatic rings. The van der Waals surface area contributed by atoms with E-state index in [4.69, 9.17) is 0 Å². The summed E-state index contributed by atoms with van der Waals surface area (Å²) < 4.78 is 2.08. The SMILES string of the molecule is CCN1CCN(C(=O)C(C)Sc2nnc(-c3c[nH]c4ccccc34)n2-c2cccc(C)c2)CC1. The first kappa shape index (κ1) is 22.7. The number of hydrogen-bond donors (Lipinski definition) is 1. The molecule has 1 saturated heterocycles. The van der Waals surface area contributed by atoms with Crippen molar-refractivity contribution in [1.29, 1.82) is 0 Å². The Morgan fingerprint density at radius 2 is 1.88 bits per heavy atom. The topological polar surface area (TPSA) is 70.1 Å². The Morgan fingerprint density at radius 3 is 2.65 bits per heavy atom. The van der Waals surface area contributed by atoms with Gasteiger partial charge in [-0.2, -0.15) is 0 Å². The molecule has 3 heterocycles. The molecule has 0 saturated carbocycles. The van der Waals surface area contributed by atoms with E-state index in [0.717, 1.165) is 71.4 Å². The summed E-state index contributed by atoms with van der Waals surface area (Å²) >= 11 is 1.48. The lowest BCUT2D eigenvalue weighted by Gasteiger charge is -2.35. The molecule has 2 aromatic carbocycles. The molecule has 1 N–H and O–H groups in total. The van der Waals surface area contributed by atoms with Crippen LogP contribution in [0.25, 0.3) is 28.0 Å². The van der Waals surface area contributed by atoms with Gasteiger partial charge in [-0.1, -0.05) is 49.0 Å². The summed E-state index contributed by atoms with van der Waals surface area (Å²) in [4.78, 5) is 20.9. The van der Waals surface area contributed by atoms with Crippen LogP contribution in [0.3, 0.4) is 0 Å². The van der Waals surface area contributed by atoms with Crippen LogP contribution in [0.15, 0.2) is 59.9 Å². The molecule has 7 nitrogen and oxygen atoms in total.